The lowest BCUT2D eigenvalue weighted by molar-refractivity contribution is 0.447. The van der Waals surface area contributed by atoms with E-state index < -0.39 is 0 Å². The molecular formula is C11H18N2OS. The lowest BCUT2D eigenvalue weighted by atomic mass is 10.1. The van der Waals surface area contributed by atoms with Crippen molar-refractivity contribution in [1.82, 2.24) is 4.98 Å². The summed E-state index contributed by atoms with van der Waals surface area (Å²) in [4.78, 5) is 4.29. The van der Waals surface area contributed by atoms with Crippen molar-refractivity contribution in [2.45, 2.75) is 37.4 Å². The molecule has 0 radical (unpaired) electrons. The van der Waals surface area contributed by atoms with Crippen LogP contribution < -0.4 is 5.73 Å². The van der Waals surface area contributed by atoms with Crippen LogP contribution in [0.1, 0.15) is 30.9 Å². The molecule has 2 N–H and O–H groups in total. The molecule has 1 aliphatic rings. The van der Waals surface area contributed by atoms with E-state index in [0.29, 0.717) is 11.8 Å². The van der Waals surface area contributed by atoms with Crippen LogP contribution in [-0.4, -0.2) is 22.5 Å². The maximum Gasteiger partial charge on any atom is 0.195 e. The SMILES string of the molecule is NCCc1cnc(CC2CCCCS2)o1. The average Bonchev–Trinajstić information content (AvgIpc) is 2.68. The molecule has 0 aliphatic carbocycles. The van der Waals surface area contributed by atoms with E-state index >= 15 is 0 Å². The Hall–Kier alpha value is -0.480. The Bertz CT molecular complexity index is 295. The zero-order valence-corrected chi connectivity index (χ0v) is 9.76. The van der Waals surface area contributed by atoms with Crippen molar-refractivity contribution < 1.29 is 4.42 Å². The Kier molecular flexibility index (Phi) is 4.09. The van der Waals surface area contributed by atoms with Crippen LogP contribution in [0.15, 0.2) is 10.6 Å². The van der Waals surface area contributed by atoms with Gasteiger partial charge in [0, 0.05) is 18.1 Å². The molecule has 1 saturated heterocycles. The zero-order chi connectivity index (χ0) is 10.5. The third-order valence-corrected chi connectivity index (χ3v) is 4.07. The van der Waals surface area contributed by atoms with Gasteiger partial charge in [0.15, 0.2) is 5.89 Å². The van der Waals surface area contributed by atoms with Gasteiger partial charge >= 0.3 is 0 Å². The first kappa shape index (κ1) is 11.0. The van der Waals surface area contributed by atoms with Crippen molar-refractivity contribution >= 4 is 11.8 Å². The Morgan fingerprint density at radius 2 is 2.47 bits per heavy atom. The van der Waals surface area contributed by atoms with Crippen LogP contribution in [0.2, 0.25) is 0 Å². The summed E-state index contributed by atoms with van der Waals surface area (Å²) < 4.78 is 5.62. The van der Waals surface area contributed by atoms with Gasteiger partial charge in [0.05, 0.1) is 6.20 Å². The van der Waals surface area contributed by atoms with E-state index in [1.807, 2.05) is 6.20 Å². The van der Waals surface area contributed by atoms with Crippen molar-refractivity contribution in [3.8, 4) is 0 Å². The van der Waals surface area contributed by atoms with Gasteiger partial charge < -0.3 is 10.2 Å². The molecule has 1 unspecified atom stereocenters. The highest BCUT2D eigenvalue weighted by molar-refractivity contribution is 7.99. The maximum atomic E-state index is 5.62. The van der Waals surface area contributed by atoms with Crippen molar-refractivity contribution in [1.29, 1.82) is 0 Å². The summed E-state index contributed by atoms with van der Waals surface area (Å²) in [6, 6.07) is 0. The minimum Gasteiger partial charge on any atom is -0.446 e. The van der Waals surface area contributed by atoms with Crippen molar-refractivity contribution in [2.24, 2.45) is 5.73 Å². The molecule has 0 aromatic carbocycles. The minimum absolute atomic E-state index is 0.632. The maximum absolute atomic E-state index is 5.62. The van der Waals surface area contributed by atoms with E-state index in [1.165, 1.54) is 25.0 Å². The van der Waals surface area contributed by atoms with Crippen LogP contribution in [0.25, 0.3) is 0 Å². The van der Waals surface area contributed by atoms with Gasteiger partial charge in [0.2, 0.25) is 0 Å². The molecule has 1 aromatic heterocycles. The van der Waals surface area contributed by atoms with Crippen LogP contribution in [0.5, 0.6) is 0 Å². The number of hydrogen-bond donors (Lipinski definition) is 1. The molecule has 2 heterocycles. The van der Waals surface area contributed by atoms with Crippen LogP contribution in [-0.2, 0) is 12.8 Å². The second-order valence-corrected chi connectivity index (χ2v) is 5.36. The number of nitrogens with two attached hydrogens (primary N) is 1. The number of oxazole rings is 1. The molecule has 0 amide bonds. The first-order valence-electron chi connectivity index (χ1n) is 5.63. The quantitative estimate of drug-likeness (QED) is 0.853. The van der Waals surface area contributed by atoms with Crippen molar-refractivity contribution in [3.05, 3.63) is 17.8 Å². The monoisotopic (exact) mass is 226 g/mol. The first-order chi connectivity index (χ1) is 7.38. The fourth-order valence-corrected chi connectivity index (χ4v) is 3.16. The summed E-state index contributed by atoms with van der Waals surface area (Å²) in [7, 11) is 0. The highest BCUT2D eigenvalue weighted by Crippen LogP contribution is 2.27. The fourth-order valence-electron chi connectivity index (χ4n) is 1.86. The van der Waals surface area contributed by atoms with Gasteiger partial charge in [-0.2, -0.15) is 11.8 Å². The summed E-state index contributed by atoms with van der Waals surface area (Å²) in [6.45, 7) is 0.632. The Morgan fingerprint density at radius 3 is 3.20 bits per heavy atom. The van der Waals surface area contributed by atoms with Crippen LogP contribution in [0.3, 0.4) is 0 Å². The number of thioether (sulfide) groups is 1. The lowest BCUT2D eigenvalue weighted by Gasteiger charge is -2.19. The van der Waals surface area contributed by atoms with Gasteiger partial charge in [-0.05, 0) is 25.1 Å². The van der Waals surface area contributed by atoms with Crippen molar-refractivity contribution in [3.63, 3.8) is 0 Å². The van der Waals surface area contributed by atoms with E-state index in [0.717, 1.165) is 24.5 Å². The lowest BCUT2D eigenvalue weighted by Crippen LogP contribution is -2.12. The zero-order valence-electron chi connectivity index (χ0n) is 8.95. The molecule has 1 fully saturated rings. The molecule has 0 bridgehead atoms. The topological polar surface area (TPSA) is 52.0 Å². The van der Waals surface area contributed by atoms with Crippen LogP contribution in [0.4, 0.5) is 0 Å². The van der Waals surface area contributed by atoms with E-state index in [2.05, 4.69) is 16.7 Å². The Labute approximate surface area is 94.8 Å². The second kappa shape index (κ2) is 5.56. The number of hydrogen-bond acceptors (Lipinski definition) is 4. The summed E-state index contributed by atoms with van der Waals surface area (Å²) in [6.07, 6.45) is 7.62. The highest BCUT2D eigenvalue weighted by Gasteiger charge is 2.16. The van der Waals surface area contributed by atoms with Gasteiger partial charge in [0.25, 0.3) is 0 Å². The summed E-state index contributed by atoms with van der Waals surface area (Å²) in [5.74, 6) is 3.10. The standard InChI is InChI=1S/C11H18N2OS/c12-5-4-9-8-13-11(14-9)7-10-3-1-2-6-15-10/h8,10H,1-7,12H2. The minimum atomic E-state index is 0.632. The van der Waals surface area contributed by atoms with Gasteiger partial charge in [-0.25, -0.2) is 4.98 Å². The molecule has 4 heteroatoms. The molecule has 1 aromatic rings. The van der Waals surface area contributed by atoms with Crippen molar-refractivity contribution in [2.75, 3.05) is 12.3 Å². The van der Waals surface area contributed by atoms with Gasteiger partial charge in [0.1, 0.15) is 5.76 Å². The van der Waals surface area contributed by atoms with E-state index in [9.17, 15) is 0 Å². The summed E-state index contributed by atoms with van der Waals surface area (Å²) in [5, 5.41) is 0.711. The molecule has 84 valence electrons. The molecule has 3 nitrogen and oxygen atoms in total. The number of rotatable bonds is 4. The molecule has 15 heavy (non-hydrogen) atoms. The molecule has 0 spiro atoms. The third-order valence-electron chi connectivity index (χ3n) is 2.67. The predicted molar refractivity (Wildman–Crippen MR) is 63.1 cm³/mol. The highest BCUT2D eigenvalue weighted by atomic mass is 32.2. The third kappa shape index (κ3) is 3.24. The van der Waals surface area contributed by atoms with Gasteiger partial charge in [-0.1, -0.05) is 6.42 Å². The Balaban J connectivity index is 1.86. The molecule has 1 aliphatic heterocycles. The molecular weight excluding hydrogens is 208 g/mol. The number of nitrogens with zero attached hydrogens (tertiary/aromatic N) is 1. The summed E-state index contributed by atoms with van der Waals surface area (Å²) >= 11 is 2.06. The molecule has 0 saturated carbocycles. The van der Waals surface area contributed by atoms with E-state index in [4.69, 9.17) is 10.2 Å². The largest absolute Gasteiger partial charge is 0.446 e. The van der Waals surface area contributed by atoms with Gasteiger partial charge in [-0.3, -0.25) is 0 Å². The normalized spacial score (nSPS) is 21.8. The predicted octanol–water partition coefficient (Wildman–Crippen LogP) is 2.00. The van der Waals surface area contributed by atoms with Crippen LogP contribution in [0, 0.1) is 0 Å². The van der Waals surface area contributed by atoms with E-state index in [1.54, 1.807) is 0 Å². The van der Waals surface area contributed by atoms with Gasteiger partial charge in [-0.15, -0.1) is 0 Å². The second-order valence-electron chi connectivity index (χ2n) is 3.95. The van der Waals surface area contributed by atoms with Crippen LogP contribution >= 0.6 is 11.8 Å². The molecule has 2 rings (SSSR count). The summed E-state index contributed by atoms with van der Waals surface area (Å²) in [5.41, 5.74) is 5.46. The first-order valence-corrected chi connectivity index (χ1v) is 6.68. The fraction of sp³-hybridized carbons (Fsp3) is 0.727. The Morgan fingerprint density at radius 1 is 1.53 bits per heavy atom. The van der Waals surface area contributed by atoms with E-state index in [-0.39, 0.29) is 0 Å². The molecule has 1 atom stereocenters. The number of aromatic nitrogens is 1. The average molecular weight is 226 g/mol. The smallest absolute Gasteiger partial charge is 0.195 e.